The van der Waals surface area contributed by atoms with Crippen LogP contribution in [0.25, 0.3) is 10.8 Å². The van der Waals surface area contributed by atoms with Crippen molar-refractivity contribution in [3.05, 3.63) is 82.6 Å². The number of hydrogen-bond acceptors (Lipinski definition) is 1. The lowest BCUT2D eigenvalue weighted by atomic mass is 10.0. The highest BCUT2D eigenvalue weighted by Crippen LogP contribution is 2.19. The van der Waals surface area contributed by atoms with Crippen molar-refractivity contribution in [1.29, 1.82) is 0 Å². The smallest absolute Gasteiger partial charge is 0.254 e. The fourth-order valence-corrected chi connectivity index (χ4v) is 2.92. The number of nitrogens with one attached hydrogen (secondary N) is 1. The number of carbonyl (C=O) groups is 1. The number of hydrogen-bond donors (Lipinski definition) is 1. The van der Waals surface area contributed by atoms with Crippen LogP contribution in [0.15, 0.2) is 60.7 Å². The van der Waals surface area contributed by atoms with Gasteiger partial charge in [-0.1, -0.05) is 54.1 Å². The van der Waals surface area contributed by atoms with Crippen LogP contribution in [0.1, 0.15) is 22.3 Å². The van der Waals surface area contributed by atoms with E-state index in [-0.39, 0.29) is 10.6 Å². The molecule has 0 aromatic heterocycles. The van der Waals surface area contributed by atoms with Gasteiger partial charge in [0, 0.05) is 11.6 Å². The molecule has 0 radical (unpaired) electrons. The summed E-state index contributed by atoms with van der Waals surface area (Å²) >= 11 is 5.69. The highest BCUT2D eigenvalue weighted by Gasteiger charge is 2.11. The van der Waals surface area contributed by atoms with E-state index in [9.17, 15) is 9.18 Å². The molecule has 0 saturated carbocycles. The topological polar surface area (TPSA) is 29.1 Å². The van der Waals surface area contributed by atoms with Crippen molar-refractivity contribution in [3.63, 3.8) is 0 Å². The Balaban J connectivity index is 1.58. The average Bonchev–Trinajstić information content (AvgIpc) is 2.58. The molecule has 0 bridgehead atoms. The molecular weight excluding hydrogens is 325 g/mol. The van der Waals surface area contributed by atoms with E-state index in [0.717, 1.165) is 18.9 Å². The van der Waals surface area contributed by atoms with Crippen LogP contribution in [-0.4, -0.2) is 12.5 Å². The van der Waals surface area contributed by atoms with Crippen molar-refractivity contribution in [2.24, 2.45) is 0 Å². The van der Waals surface area contributed by atoms with Gasteiger partial charge in [0.2, 0.25) is 0 Å². The second-order valence-electron chi connectivity index (χ2n) is 5.62. The summed E-state index contributed by atoms with van der Waals surface area (Å²) in [6.07, 6.45) is 1.64. The zero-order valence-corrected chi connectivity index (χ0v) is 13.8. The van der Waals surface area contributed by atoms with Gasteiger partial charge in [0.15, 0.2) is 0 Å². The molecule has 4 heteroatoms. The zero-order chi connectivity index (χ0) is 16.9. The van der Waals surface area contributed by atoms with E-state index < -0.39 is 11.7 Å². The Morgan fingerprint density at radius 3 is 2.67 bits per heavy atom. The molecule has 0 heterocycles. The minimum absolute atomic E-state index is 0.0181. The second-order valence-corrected chi connectivity index (χ2v) is 6.06. The summed E-state index contributed by atoms with van der Waals surface area (Å²) in [5.74, 6) is -1.02. The van der Waals surface area contributed by atoms with Crippen LogP contribution in [0.4, 0.5) is 4.39 Å². The Hall–Kier alpha value is -2.39. The molecule has 122 valence electrons. The maximum absolute atomic E-state index is 13.7. The predicted molar refractivity (Wildman–Crippen MR) is 96.0 cm³/mol. The number of benzene rings is 3. The summed E-state index contributed by atoms with van der Waals surface area (Å²) < 4.78 is 13.7. The van der Waals surface area contributed by atoms with Crippen molar-refractivity contribution >= 4 is 28.3 Å². The first-order chi connectivity index (χ1) is 11.6. The van der Waals surface area contributed by atoms with Gasteiger partial charge in [-0.05, 0) is 47.4 Å². The van der Waals surface area contributed by atoms with E-state index in [1.165, 1.54) is 28.5 Å². The second kappa shape index (κ2) is 7.45. The third-order valence-corrected chi connectivity index (χ3v) is 4.20. The molecule has 3 aromatic rings. The largest absolute Gasteiger partial charge is 0.352 e. The van der Waals surface area contributed by atoms with Crippen molar-refractivity contribution in [2.75, 3.05) is 6.54 Å². The number of fused-ring (bicyclic) bond motifs is 1. The first kappa shape index (κ1) is 16.5. The highest BCUT2D eigenvalue weighted by molar-refractivity contribution is 6.30. The lowest BCUT2D eigenvalue weighted by molar-refractivity contribution is 0.0949. The van der Waals surface area contributed by atoms with E-state index in [1.54, 1.807) is 0 Å². The van der Waals surface area contributed by atoms with Gasteiger partial charge in [-0.2, -0.15) is 0 Å². The summed E-state index contributed by atoms with van der Waals surface area (Å²) in [7, 11) is 0. The predicted octanol–water partition coefficient (Wildman–Crippen LogP) is 4.99. The molecule has 0 fully saturated rings. The van der Waals surface area contributed by atoms with Crippen LogP contribution < -0.4 is 5.32 Å². The molecule has 1 amide bonds. The summed E-state index contributed by atoms with van der Waals surface area (Å²) in [6, 6.07) is 18.5. The number of carbonyl (C=O) groups excluding carboxylic acids is 1. The van der Waals surface area contributed by atoms with Crippen LogP contribution in [0, 0.1) is 5.82 Å². The first-order valence-electron chi connectivity index (χ1n) is 7.85. The zero-order valence-electron chi connectivity index (χ0n) is 13.1. The van der Waals surface area contributed by atoms with E-state index in [1.807, 2.05) is 18.2 Å². The van der Waals surface area contributed by atoms with Gasteiger partial charge in [-0.3, -0.25) is 4.79 Å². The third-order valence-electron chi connectivity index (χ3n) is 3.96. The Morgan fingerprint density at radius 1 is 1.04 bits per heavy atom. The number of aryl methyl sites for hydroxylation is 1. The molecule has 1 N–H and O–H groups in total. The molecular formula is C20H17ClFNO. The minimum Gasteiger partial charge on any atom is -0.352 e. The normalized spacial score (nSPS) is 10.8. The molecule has 0 spiro atoms. The number of halogens is 2. The maximum Gasteiger partial charge on any atom is 0.254 e. The molecule has 0 saturated heterocycles. The SMILES string of the molecule is O=C(NCCCc1cccc2ccccc12)c1ccc(Cl)cc1F. The Morgan fingerprint density at radius 2 is 1.83 bits per heavy atom. The van der Waals surface area contributed by atoms with Gasteiger partial charge < -0.3 is 5.32 Å². The molecule has 0 aliphatic rings. The van der Waals surface area contributed by atoms with Crippen LogP contribution in [0.2, 0.25) is 5.02 Å². The first-order valence-corrected chi connectivity index (χ1v) is 8.23. The Labute approximate surface area is 145 Å². The number of rotatable bonds is 5. The highest BCUT2D eigenvalue weighted by atomic mass is 35.5. The monoisotopic (exact) mass is 341 g/mol. The van der Waals surface area contributed by atoms with Crippen LogP contribution in [0.5, 0.6) is 0 Å². The fraction of sp³-hybridized carbons (Fsp3) is 0.150. The molecule has 0 unspecified atom stereocenters. The number of amides is 1. The molecule has 0 aliphatic heterocycles. The van der Waals surface area contributed by atoms with Gasteiger partial charge in [0.05, 0.1) is 5.56 Å². The fourth-order valence-electron chi connectivity index (χ4n) is 2.76. The molecule has 0 atom stereocenters. The van der Waals surface area contributed by atoms with Gasteiger partial charge in [0.1, 0.15) is 5.82 Å². The lowest BCUT2D eigenvalue weighted by Gasteiger charge is -2.08. The summed E-state index contributed by atoms with van der Waals surface area (Å²) in [4.78, 5) is 12.0. The average molecular weight is 342 g/mol. The summed E-state index contributed by atoms with van der Waals surface area (Å²) in [5, 5.41) is 5.48. The van der Waals surface area contributed by atoms with E-state index >= 15 is 0 Å². The van der Waals surface area contributed by atoms with Gasteiger partial charge in [-0.15, -0.1) is 0 Å². The van der Waals surface area contributed by atoms with Gasteiger partial charge >= 0.3 is 0 Å². The minimum atomic E-state index is -0.603. The summed E-state index contributed by atoms with van der Waals surface area (Å²) in [6.45, 7) is 0.490. The molecule has 2 nitrogen and oxygen atoms in total. The standard InChI is InChI=1S/C20H17ClFNO/c21-16-10-11-18(19(22)13-16)20(24)23-12-4-8-15-7-3-6-14-5-1-2-9-17(14)15/h1-3,5-7,9-11,13H,4,8,12H2,(H,23,24). The van der Waals surface area contributed by atoms with E-state index in [0.29, 0.717) is 6.54 Å². The third kappa shape index (κ3) is 3.74. The lowest BCUT2D eigenvalue weighted by Crippen LogP contribution is -2.25. The van der Waals surface area contributed by atoms with Crippen LogP contribution in [-0.2, 0) is 6.42 Å². The van der Waals surface area contributed by atoms with E-state index in [2.05, 4.69) is 29.6 Å². The molecule has 3 rings (SSSR count). The molecule has 24 heavy (non-hydrogen) atoms. The summed E-state index contributed by atoms with van der Waals surface area (Å²) in [5.41, 5.74) is 1.27. The molecule has 0 aliphatic carbocycles. The van der Waals surface area contributed by atoms with Crippen LogP contribution >= 0.6 is 11.6 Å². The van der Waals surface area contributed by atoms with Crippen molar-refractivity contribution < 1.29 is 9.18 Å². The molecule has 3 aromatic carbocycles. The van der Waals surface area contributed by atoms with Crippen molar-refractivity contribution in [1.82, 2.24) is 5.32 Å². The van der Waals surface area contributed by atoms with E-state index in [4.69, 9.17) is 11.6 Å². The van der Waals surface area contributed by atoms with Gasteiger partial charge in [-0.25, -0.2) is 4.39 Å². The van der Waals surface area contributed by atoms with Crippen LogP contribution in [0.3, 0.4) is 0 Å². The van der Waals surface area contributed by atoms with Crippen molar-refractivity contribution in [2.45, 2.75) is 12.8 Å². The Kier molecular flexibility index (Phi) is 5.11. The Bertz CT molecular complexity index is 873. The van der Waals surface area contributed by atoms with Crippen molar-refractivity contribution in [3.8, 4) is 0 Å². The maximum atomic E-state index is 13.7. The quantitative estimate of drug-likeness (QED) is 0.650. The van der Waals surface area contributed by atoms with Gasteiger partial charge in [0.25, 0.3) is 5.91 Å².